The second-order valence-electron chi connectivity index (χ2n) is 2.53. The van der Waals surface area contributed by atoms with Gasteiger partial charge in [-0.2, -0.15) is 0 Å². The molecule has 0 aliphatic carbocycles. The molecule has 60 valence electrons. The van der Waals surface area contributed by atoms with Gasteiger partial charge in [-0.25, -0.2) is 0 Å². The van der Waals surface area contributed by atoms with Crippen molar-refractivity contribution in [3.8, 4) is 11.8 Å². The fourth-order valence-corrected chi connectivity index (χ4v) is 0.559. The first-order valence-electron chi connectivity index (χ1n) is 3.76. The Morgan fingerprint density at radius 2 is 2.27 bits per heavy atom. The standard InChI is InChI=1S/C8H13N3/c1-8(2)6-4-3-5-7-10-11-9/h8H,3,5,7H2,1-2H3. The topological polar surface area (TPSA) is 48.8 Å². The van der Waals surface area contributed by atoms with Gasteiger partial charge < -0.3 is 0 Å². The van der Waals surface area contributed by atoms with Crippen LogP contribution < -0.4 is 0 Å². The first-order chi connectivity index (χ1) is 5.27. The van der Waals surface area contributed by atoms with Crippen molar-refractivity contribution in [3.05, 3.63) is 10.4 Å². The van der Waals surface area contributed by atoms with Crippen LogP contribution in [0.15, 0.2) is 5.11 Å². The predicted octanol–water partition coefficient (Wildman–Crippen LogP) is 2.74. The Kier molecular flexibility index (Phi) is 6.27. The summed E-state index contributed by atoms with van der Waals surface area (Å²) in [5.74, 6) is 6.49. The molecule has 0 aliphatic heterocycles. The van der Waals surface area contributed by atoms with E-state index in [4.69, 9.17) is 5.53 Å². The summed E-state index contributed by atoms with van der Waals surface area (Å²) in [4.78, 5) is 2.65. The molecule has 0 aromatic heterocycles. The predicted molar refractivity (Wildman–Crippen MR) is 45.9 cm³/mol. The summed E-state index contributed by atoms with van der Waals surface area (Å²) in [6.45, 7) is 4.67. The average molecular weight is 151 g/mol. The minimum Gasteiger partial charge on any atom is -0.103 e. The molecule has 0 N–H and O–H groups in total. The molecule has 0 aromatic carbocycles. The number of nitrogens with zero attached hydrogens (tertiary/aromatic N) is 3. The normalized spacial score (nSPS) is 8.27. The van der Waals surface area contributed by atoms with Crippen LogP contribution in [0.2, 0.25) is 0 Å². The van der Waals surface area contributed by atoms with Gasteiger partial charge in [-0.1, -0.05) is 19.0 Å². The molecule has 11 heavy (non-hydrogen) atoms. The van der Waals surface area contributed by atoms with Crippen LogP contribution in [0.4, 0.5) is 0 Å². The first kappa shape index (κ1) is 9.87. The highest BCUT2D eigenvalue weighted by atomic mass is 15.1. The molecule has 0 spiro atoms. The number of rotatable bonds is 3. The number of hydrogen-bond acceptors (Lipinski definition) is 1. The van der Waals surface area contributed by atoms with E-state index >= 15 is 0 Å². The minimum absolute atomic E-state index is 0.439. The summed E-state index contributed by atoms with van der Waals surface area (Å²) in [6.07, 6.45) is 1.70. The van der Waals surface area contributed by atoms with Crippen LogP contribution in [0.25, 0.3) is 10.4 Å². The molecule has 0 aromatic rings. The Morgan fingerprint density at radius 1 is 1.55 bits per heavy atom. The van der Waals surface area contributed by atoms with Gasteiger partial charge >= 0.3 is 0 Å². The van der Waals surface area contributed by atoms with Gasteiger partial charge in [0.25, 0.3) is 0 Å². The molecule has 0 amide bonds. The lowest BCUT2D eigenvalue weighted by Gasteiger charge is -1.87. The molecular weight excluding hydrogens is 138 g/mol. The zero-order chi connectivity index (χ0) is 8.53. The van der Waals surface area contributed by atoms with Gasteiger partial charge in [0, 0.05) is 23.8 Å². The summed E-state index contributed by atoms with van der Waals surface area (Å²) in [5.41, 5.74) is 7.93. The van der Waals surface area contributed by atoms with Crippen LogP contribution in [0.3, 0.4) is 0 Å². The van der Waals surface area contributed by atoms with Crippen molar-refractivity contribution >= 4 is 0 Å². The molecule has 0 bridgehead atoms. The van der Waals surface area contributed by atoms with Gasteiger partial charge in [0.15, 0.2) is 0 Å². The van der Waals surface area contributed by atoms with E-state index in [-0.39, 0.29) is 0 Å². The SMILES string of the molecule is CC(C)C#CCCCN=[N+]=[N-]. The molecule has 0 unspecified atom stereocenters. The Morgan fingerprint density at radius 3 is 2.82 bits per heavy atom. The van der Waals surface area contributed by atoms with E-state index in [2.05, 4.69) is 35.7 Å². The average Bonchev–Trinajstić information content (AvgIpc) is 1.96. The van der Waals surface area contributed by atoms with Gasteiger partial charge in [0.2, 0.25) is 0 Å². The van der Waals surface area contributed by atoms with Gasteiger partial charge in [-0.15, -0.1) is 11.8 Å². The van der Waals surface area contributed by atoms with Crippen LogP contribution in [0, 0.1) is 17.8 Å². The van der Waals surface area contributed by atoms with E-state index in [0.717, 1.165) is 12.8 Å². The van der Waals surface area contributed by atoms with Crippen LogP contribution >= 0.6 is 0 Å². The van der Waals surface area contributed by atoms with Crippen LogP contribution in [0.1, 0.15) is 26.7 Å². The van der Waals surface area contributed by atoms with Crippen molar-refractivity contribution in [1.82, 2.24) is 0 Å². The fourth-order valence-electron chi connectivity index (χ4n) is 0.559. The second kappa shape index (κ2) is 6.98. The molecule has 0 radical (unpaired) electrons. The molecule has 0 saturated carbocycles. The van der Waals surface area contributed by atoms with Crippen LogP contribution in [0.5, 0.6) is 0 Å². The molecule has 0 fully saturated rings. The van der Waals surface area contributed by atoms with E-state index < -0.39 is 0 Å². The highest BCUT2D eigenvalue weighted by Gasteiger charge is 1.82. The third kappa shape index (κ3) is 8.87. The van der Waals surface area contributed by atoms with Crippen molar-refractivity contribution in [2.75, 3.05) is 6.54 Å². The van der Waals surface area contributed by atoms with Crippen molar-refractivity contribution in [3.63, 3.8) is 0 Å². The molecule has 0 rings (SSSR count). The summed E-state index contributed by atoms with van der Waals surface area (Å²) >= 11 is 0. The maximum absolute atomic E-state index is 7.93. The van der Waals surface area contributed by atoms with E-state index in [1.54, 1.807) is 0 Å². The second-order valence-corrected chi connectivity index (χ2v) is 2.53. The summed E-state index contributed by atoms with van der Waals surface area (Å²) in [6, 6.07) is 0. The van der Waals surface area contributed by atoms with Crippen molar-refractivity contribution in [2.45, 2.75) is 26.7 Å². The smallest absolute Gasteiger partial charge is 0.0266 e. The maximum Gasteiger partial charge on any atom is 0.0266 e. The minimum atomic E-state index is 0.439. The van der Waals surface area contributed by atoms with Crippen molar-refractivity contribution in [1.29, 1.82) is 0 Å². The Hall–Kier alpha value is -1.13. The van der Waals surface area contributed by atoms with Crippen molar-refractivity contribution in [2.24, 2.45) is 11.0 Å². The highest BCUT2D eigenvalue weighted by molar-refractivity contribution is 5.00. The first-order valence-corrected chi connectivity index (χ1v) is 3.76. The number of unbranched alkanes of at least 4 members (excludes halogenated alkanes) is 1. The van der Waals surface area contributed by atoms with E-state index in [0.29, 0.717) is 12.5 Å². The molecule has 0 heterocycles. The number of azide groups is 1. The lowest BCUT2D eigenvalue weighted by molar-refractivity contribution is 0.843. The van der Waals surface area contributed by atoms with Crippen LogP contribution in [-0.2, 0) is 0 Å². The third-order valence-corrected chi connectivity index (χ3v) is 1.01. The zero-order valence-electron chi connectivity index (χ0n) is 7.04. The quantitative estimate of drug-likeness (QED) is 0.196. The molecule has 3 heteroatoms. The van der Waals surface area contributed by atoms with Gasteiger partial charge in [0.05, 0.1) is 0 Å². The number of hydrogen-bond donors (Lipinski definition) is 0. The van der Waals surface area contributed by atoms with Crippen molar-refractivity contribution < 1.29 is 0 Å². The molecule has 3 nitrogen and oxygen atoms in total. The Bertz CT molecular complexity index is 191. The summed E-state index contributed by atoms with van der Waals surface area (Å²) < 4.78 is 0. The van der Waals surface area contributed by atoms with E-state index in [1.165, 1.54) is 0 Å². The molecule has 0 aliphatic rings. The molecule has 0 saturated heterocycles. The lowest BCUT2D eigenvalue weighted by atomic mass is 10.2. The van der Waals surface area contributed by atoms with Gasteiger partial charge in [-0.05, 0) is 12.0 Å². The zero-order valence-corrected chi connectivity index (χ0v) is 7.04. The fraction of sp³-hybridized carbons (Fsp3) is 0.750. The largest absolute Gasteiger partial charge is 0.103 e. The Labute approximate surface area is 67.4 Å². The van der Waals surface area contributed by atoms with Gasteiger partial charge in [-0.3, -0.25) is 0 Å². The Balaban J connectivity index is 3.29. The lowest BCUT2D eigenvalue weighted by Crippen LogP contribution is -1.80. The van der Waals surface area contributed by atoms with Gasteiger partial charge in [0.1, 0.15) is 0 Å². The summed E-state index contributed by atoms with van der Waals surface area (Å²) in [7, 11) is 0. The van der Waals surface area contributed by atoms with E-state index in [1.807, 2.05) is 0 Å². The molecule has 0 atom stereocenters. The van der Waals surface area contributed by atoms with Crippen LogP contribution in [-0.4, -0.2) is 6.54 Å². The highest BCUT2D eigenvalue weighted by Crippen LogP contribution is 1.90. The molecular formula is C8H13N3. The third-order valence-electron chi connectivity index (χ3n) is 1.01. The summed E-state index contributed by atoms with van der Waals surface area (Å²) in [5, 5.41) is 3.40. The maximum atomic E-state index is 7.93. The monoisotopic (exact) mass is 151 g/mol. The van der Waals surface area contributed by atoms with E-state index in [9.17, 15) is 0 Å².